The molecule has 1 saturated carbocycles. The van der Waals surface area contributed by atoms with Gasteiger partial charge in [-0.2, -0.15) is 0 Å². The van der Waals surface area contributed by atoms with Gasteiger partial charge in [-0.15, -0.1) is 24.0 Å². The molecule has 0 spiro atoms. The van der Waals surface area contributed by atoms with E-state index in [2.05, 4.69) is 27.4 Å². The Bertz CT molecular complexity index is 569. The summed E-state index contributed by atoms with van der Waals surface area (Å²) >= 11 is 0. The van der Waals surface area contributed by atoms with Gasteiger partial charge in [-0.1, -0.05) is 37.5 Å². The fourth-order valence-electron chi connectivity index (χ4n) is 4.26. The summed E-state index contributed by atoms with van der Waals surface area (Å²) in [5.74, 6) is 1.79. The highest BCUT2D eigenvalue weighted by Gasteiger charge is 2.26. The zero-order chi connectivity index (χ0) is 18.9. The van der Waals surface area contributed by atoms with E-state index >= 15 is 0 Å². The number of nitrogens with one attached hydrogen (secondary N) is 2. The maximum atomic E-state index is 5.93. The van der Waals surface area contributed by atoms with E-state index in [1.54, 1.807) is 0 Å². The number of ether oxygens (including phenoxy) is 1. The maximum absolute atomic E-state index is 5.93. The van der Waals surface area contributed by atoms with Crippen molar-refractivity contribution in [2.45, 2.75) is 70.1 Å². The summed E-state index contributed by atoms with van der Waals surface area (Å²) in [6.45, 7) is 5.24. The molecule has 6 heteroatoms. The van der Waals surface area contributed by atoms with Crippen LogP contribution in [-0.4, -0.2) is 55.7 Å². The van der Waals surface area contributed by atoms with E-state index in [1.165, 1.54) is 58.0 Å². The topological polar surface area (TPSA) is 48.9 Å². The van der Waals surface area contributed by atoms with Crippen LogP contribution in [0.15, 0.2) is 35.3 Å². The summed E-state index contributed by atoms with van der Waals surface area (Å²) in [6, 6.07) is 11.3. The third-order valence-corrected chi connectivity index (χ3v) is 5.82. The fraction of sp³-hybridized carbons (Fsp3) is 0.682. The van der Waals surface area contributed by atoms with Gasteiger partial charge in [-0.25, -0.2) is 0 Å². The number of guanidine groups is 1. The molecule has 0 bridgehead atoms. The van der Waals surface area contributed by atoms with Crippen LogP contribution in [0.1, 0.15) is 51.9 Å². The van der Waals surface area contributed by atoms with E-state index in [9.17, 15) is 0 Å². The molecule has 2 aliphatic rings. The number of rotatable bonds is 6. The number of para-hydroxylation sites is 1. The van der Waals surface area contributed by atoms with Crippen molar-refractivity contribution in [3.63, 3.8) is 0 Å². The third-order valence-electron chi connectivity index (χ3n) is 5.82. The molecular weight excluding hydrogens is 463 g/mol. The molecule has 1 aliphatic carbocycles. The van der Waals surface area contributed by atoms with Crippen molar-refractivity contribution < 1.29 is 4.74 Å². The molecule has 1 heterocycles. The first kappa shape index (κ1) is 23.3. The Labute approximate surface area is 187 Å². The molecule has 2 fully saturated rings. The zero-order valence-corrected chi connectivity index (χ0v) is 19.7. The van der Waals surface area contributed by atoms with Gasteiger partial charge in [0, 0.05) is 32.2 Å². The molecule has 0 radical (unpaired) electrons. The molecule has 1 aromatic carbocycles. The molecule has 1 unspecified atom stereocenters. The van der Waals surface area contributed by atoms with Gasteiger partial charge in [0.15, 0.2) is 5.96 Å². The van der Waals surface area contributed by atoms with Crippen molar-refractivity contribution in [2.24, 2.45) is 4.99 Å². The van der Waals surface area contributed by atoms with Crippen LogP contribution in [0.25, 0.3) is 0 Å². The SMILES string of the molecule is CN=C(NCC(C)Oc1ccccc1)NC1CCN(C2CCCCC2)CC1.I. The third kappa shape index (κ3) is 7.43. The molecular formula is C22H37IN4O. The molecule has 0 aromatic heterocycles. The first-order chi connectivity index (χ1) is 13.2. The molecule has 2 N–H and O–H groups in total. The second kappa shape index (κ2) is 12.5. The number of aliphatic imine (C=N–C) groups is 1. The number of benzene rings is 1. The predicted molar refractivity (Wildman–Crippen MR) is 128 cm³/mol. The Morgan fingerprint density at radius 2 is 1.79 bits per heavy atom. The Hall–Kier alpha value is -1.02. The summed E-state index contributed by atoms with van der Waals surface area (Å²) in [6.07, 6.45) is 9.56. The lowest BCUT2D eigenvalue weighted by molar-refractivity contribution is 0.119. The number of hydrogen-bond acceptors (Lipinski definition) is 3. The molecule has 0 amide bonds. The maximum Gasteiger partial charge on any atom is 0.191 e. The first-order valence-electron chi connectivity index (χ1n) is 10.7. The van der Waals surface area contributed by atoms with Gasteiger partial charge in [0.2, 0.25) is 0 Å². The molecule has 158 valence electrons. The number of hydrogen-bond donors (Lipinski definition) is 2. The molecule has 1 saturated heterocycles. The Balaban J connectivity index is 0.00000280. The van der Waals surface area contributed by atoms with Gasteiger partial charge < -0.3 is 20.3 Å². The van der Waals surface area contributed by atoms with E-state index in [4.69, 9.17) is 4.74 Å². The molecule has 1 aromatic rings. The highest BCUT2D eigenvalue weighted by atomic mass is 127. The van der Waals surface area contributed by atoms with Crippen LogP contribution in [-0.2, 0) is 0 Å². The first-order valence-corrected chi connectivity index (χ1v) is 10.7. The average molecular weight is 500 g/mol. The standard InChI is InChI=1S/C22H36N4O.HI/c1-18(27-21-11-7-4-8-12-21)17-24-22(23-2)25-19-13-15-26(16-14-19)20-9-5-3-6-10-20;/h4,7-8,11-12,18-20H,3,5-6,9-10,13-17H2,1-2H3,(H2,23,24,25);1H. The van der Waals surface area contributed by atoms with E-state index in [0.717, 1.165) is 24.3 Å². The summed E-state index contributed by atoms with van der Waals surface area (Å²) in [4.78, 5) is 7.12. The van der Waals surface area contributed by atoms with Crippen molar-refractivity contribution in [2.75, 3.05) is 26.7 Å². The molecule has 3 rings (SSSR count). The van der Waals surface area contributed by atoms with E-state index in [-0.39, 0.29) is 30.1 Å². The highest BCUT2D eigenvalue weighted by Crippen LogP contribution is 2.25. The lowest BCUT2D eigenvalue weighted by Gasteiger charge is -2.39. The smallest absolute Gasteiger partial charge is 0.191 e. The summed E-state index contributed by atoms with van der Waals surface area (Å²) in [5.41, 5.74) is 0. The Morgan fingerprint density at radius 1 is 1.11 bits per heavy atom. The Morgan fingerprint density at radius 3 is 2.43 bits per heavy atom. The second-order valence-electron chi connectivity index (χ2n) is 7.94. The van der Waals surface area contributed by atoms with Crippen LogP contribution in [0.4, 0.5) is 0 Å². The average Bonchev–Trinajstić information content (AvgIpc) is 2.73. The lowest BCUT2D eigenvalue weighted by Crippen LogP contribution is -2.51. The molecule has 1 aliphatic heterocycles. The number of nitrogens with zero attached hydrogens (tertiary/aromatic N) is 2. The quantitative estimate of drug-likeness (QED) is 0.352. The second-order valence-corrected chi connectivity index (χ2v) is 7.94. The number of likely N-dealkylation sites (tertiary alicyclic amines) is 1. The van der Waals surface area contributed by atoms with Crippen LogP contribution >= 0.6 is 24.0 Å². The van der Waals surface area contributed by atoms with Crippen molar-refractivity contribution >= 4 is 29.9 Å². The molecule has 28 heavy (non-hydrogen) atoms. The van der Waals surface area contributed by atoms with E-state index in [1.807, 2.05) is 37.4 Å². The number of piperidine rings is 1. The fourth-order valence-corrected chi connectivity index (χ4v) is 4.26. The van der Waals surface area contributed by atoms with Crippen molar-refractivity contribution in [3.05, 3.63) is 30.3 Å². The van der Waals surface area contributed by atoms with Gasteiger partial charge in [-0.3, -0.25) is 4.99 Å². The summed E-state index contributed by atoms with van der Waals surface area (Å²) < 4.78 is 5.93. The van der Waals surface area contributed by atoms with Crippen LogP contribution in [0.5, 0.6) is 5.75 Å². The van der Waals surface area contributed by atoms with Crippen LogP contribution in [0, 0.1) is 0 Å². The van der Waals surface area contributed by atoms with Crippen LogP contribution in [0.3, 0.4) is 0 Å². The summed E-state index contributed by atoms with van der Waals surface area (Å²) in [5, 5.41) is 7.02. The van der Waals surface area contributed by atoms with E-state index in [0.29, 0.717) is 6.04 Å². The van der Waals surface area contributed by atoms with E-state index < -0.39 is 0 Å². The Kier molecular flexibility index (Phi) is 10.4. The largest absolute Gasteiger partial charge is 0.489 e. The van der Waals surface area contributed by atoms with Gasteiger partial charge >= 0.3 is 0 Å². The van der Waals surface area contributed by atoms with Crippen molar-refractivity contribution in [1.82, 2.24) is 15.5 Å². The normalized spacial score (nSPS) is 20.9. The van der Waals surface area contributed by atoms with Crippen LogP contribution < -0.4 is 15.4 Å². The minimum Gasteiger partial charge on any atom is -0.489 e. The number of halogens is 1. The predicted octanol–water partition coefficient (Wildman–Crippen LogP) is 4.03. The summed E-state index contributed by atoms with van der Waals surface area (Å²) in [7, 11) is 1.84. The minimum atomic E-state index is 0. The van der Waals surface area contributed by atoms with Gasteiger partial charge in [-0.05, 0) is 44.7 Å². The minimum absolute atomic E-state index is 0. The lowest BCUT2D eigenvalue weighted by atomic mass is 9.92. The zero-order valence-electron chi connectivity index (χ0n) is 17.4. The van der Waals surface area contributed by atoms with Crippen molar-refractivity contribution in [1.29, 1.82) is 0 Å². The van der Waals surface area contributed by atoms with Gasteiger partial charge in [0.1, 0.15) is 11.9 Å². The van der Waals surface area contributed by atoms with Gasteiger partial charge in [0.25, 0.3) is 0 Å². The van der Waals surface area contributed by atoms with Crippen LogP contribution in [0.2, 0.25) is 0 Å². The van der Waals surface area contributed by atoms with Crippen molar-refractivity contribution in [3.8, 4) is 5.75 Å². The monoisotopic (exact) mass is 500 g/mol. The molecule has 5 nitrogen and oxygen atoms in total. The molecule has 1 atom stereocenters. The van der Waals surface area contributed by atoms with Gasteiger partial charge in [0.05, 0.1) is 6.54 Å². The highest BCUT2D eigenvalue weighted by molar-refractivity contribution is 14.0.